The van der Waals surface area contributed by atoms with Gasteiger partial charge in [-0.15, -0.1) is 5.10 Å². The summed E-state index contributed by atoms with van der Waals surface area (Å²) in [5, 5.41) is 13.8. The number of aromatic nitrogens is 4. The van der Waals surface area contributed by atoms with Crippen LogP contribution >= 0.6 is 0 Å². The third kappa shape index (κ3) is 4.21. The van der Waals surface area contributed by atoms with Crippen molar-refractivity contribution >= 4 is 21.6 Å². The molecule has 0 aliphatic carbocycles. The molecule has 1 amide bonds. The number of rotatable bonds is 5. The highest BCUT2D eigenvalue weighted by molar-refractivity contribution is 7.89. The van der Waals surface area contributed by atoms with Gasteiger partial charge in [-0.2, -0.15) is 4.31 Å². The Balaban J connectivity index is 1.42. The summed E-state index contributed by atoms with van der Waals surface area (Å²) in [6, 6.07) is 11.7. The summed E-state index contributed by atoms with van der Waals surface area (Å²) < 4.78 is 41.6. The van der Waals surface area contributed by atoms with E-state index in [9.17, 15) is 17.6 Å². The largest absolute Gasteiger partial charge is 0.326 e. The Bertz CT molecular complexity index is 1120. The molecular weight excluding hydrogens is 411 g/mol. The fourth-order valence-corrected chi connectivity index (χ4v) is 4.88. The molecule has 1 atom stereocenters. The lowest BCUT2D eigenvalue weighted by atomic mass is 9.98. The zero-order chi connectivity index (χ0) is 21.1. The van der Waals surface area contributed by atoms with E-state index in [1.54, 1.807) is 24.3 Å². The van der Waals surface area contributed by atoms with Gasteiger partial charge in [0.05, 0.1) is 16.5 Å². The van der Waals surface area contributed by atoms with Crippen LogP contribution in [0.15, 0.2) is 59.8 Å². The minimum atomic E-state index is -3.78. The molecule has 9 nitrogen and oxygen atoms in total. The normalized spacial score (nSPS) is 17.6. The lowest BCUT2D eigenvalue weighted by Gasteiger charge is -2.31. The molecule has 0 saturated carbocycles. The molecule has 0 spiro atoms. The highest BCUT2D eigenvalue weighted by Gasteiger charge is 2.33. The van der Waals surface area contributed by atoms with E-state index in [0.717, 1.165) is 17.8 Å². The number of anilines is 1. The molecule has 1 saturated heterocycles. The molecule has 1 N–H and O–H groups in total. The van der Waals surface area contributed by atoms with Crippen LogP contribution in [-0.4, -0.2) is 51.9 Å². The average molecular weight is 430 g/mol. The second-order valence-corrected chi connectivity index (χ2v) is 8.88. The molecular formula is C19H19FN6O3S. The van der Waals surface area contributed by atoms with Crippen molar-refractivity contribution in [3.63, 3.8) is 0 Å². The fourth-order valence-electron chi connectivity index (χ4n) is 3.35. The van der Waals surface area contributed by atoms with Gasteiger partial charge >= 0.3 is 0 Å². The monoisotopic (exact) mass is 430 g/mol. The first-order valence-electron chi connectivity index (χ1n) is 9.33. The van der Waals surface area contributed by atoms with Crippen molar-refractivity contribution in [2.45, 2.75) is 17.7 Å². The number of carbonyl (C=O) groups excluding carboxylic acids is 1. The maximum absolute atomic E-state index is 13.1. The summed E-state index contributed by atoms with van der Waals surface area (Å²) in [7, 11) is -3.78. The molecule has 1 aromatic heterocycles. The van der Waals surface area contributed by atoms with Crippen molar-refractivity contribution in [1.29, 1.82) is 0 Å². The van der Waals surface area contributed by atoms with Gasteiger partial charge in [0.2, 0.25) is 15.9 Å². The number of halogens is 1. The van der Waals surface area contributed by atoms with Gasteiger partial charge in [0.15, 0.2) is 0 Å². The lowest BCUT2D eigenvalue weighted by molar-refractivity contribution is -0.120. The van der Waals surface area contributed by atoms with E-state index in [4.69, 9.17) is 0 Å². The summed E-state index contributed by atoms with van der Waals surface area (Å²) >= 11 is 0. The number of piperidine rings is 1. The third-order valence-corrected chi connectivity index (χ3v) is 6.83. The first-order chi connectivity index (χ1) is 14.4. The molecule has 2 aromatic carbocycles. The van der Waals surface area contributed by atoms with Gasteiger partial charge in [0.1, 0.15) is 12.1 Å². The summed E-state index contributed by atoms with van der Waals surface area (Å²) in [4.78, 5) is 12.7. The van der Waals surface area contributed by atoms with Crippen molar-refractivity contribution in [1.82, 2.24) is 24.5 Å². The Kier molecular flexibility index (Phi) is 5.55. The van der Waals surface area contributed by atoms with Crippen LogP contribution < -0.4 is 5.32 Å². The van der Waals surface area contributed by atoms with E-state index in [0.29, 0.717) is 25.1 Å². The second kappa shape index (κ2) is 8.28. The lowest BCUT2D eigenvalue weighted by Crippen LogP contribution is -2.43. The Morgan fingerprint density at radius 3 is 2.50 bits per heavy atom. The Morgan fingerprint density at radius 1 is 1.10 bits per heavy atom. The minimum absolute atomic E-state index is 0.0168. The van der Waals surface area contributed by atoms with Gasteiger partial charge in [-0.25, -0.2) is 17.5 Å². The molecule has 1 aliphatic heterocycles. The third-order valence-electron chi connectivity index (χ3n) is 4.95. The molecule has 0 bridgehead atoms. The van der Waals surface area contributed by atoms with Crippen LogP contribution in [0.2, 0.25) is 0 Å². The highest BCUT2D eigenvalue weighted by atomic mass is 32.2. The smallest absolute Gasteiger partial charge is 0.243 e. The maximum atomic E-state index is 13.1. The molecule has 11 heteroatoms. The predicted octanol–water partition coefficient (Wildman–Crippen LogP) is 1.84. The molecule has 0 unspecified atom stereocenters. The van der Waals surface area contributed by atoms with Crippen LogP contribution in [-0.2, 0) is 14.8 Å². The molecule has 1 aliphatic rings. The van der Waals surface area contributed by atoms with Gasteiger partial charge < -0.3 is 5.32 Å². The predicted molar refractivity (Wildman–Crippen MR) is 106 cm³/mol. The van der Waals surface area contributed by atoms with Crippen LogP contribution in [0.4, 0.5) is 10.1 Å². The second-order valence-electron chi connectivity index (χ2n) is 6.95. The van der Waals surface area contributed by atoms with Crippen LogP contribution in [0, 0.1) is 11.7 Å². The number of hydrogen-bond acceptors (Lipinski definition) is 6. The van der Waals surface area contributed by atoms with Crippen molar-refractivity contribution in [3.05, 3.63) is 60.7 Å². The summed E-state index contributed by atoms with van der Waals surface area (Å²) in [6.07, 6.45) is 2.62. The van der Waals surface area contributed by atoms with E-state index in [1.807, 2.05) is 0 Å². The van der Waals surface area contributed by atoms with Crippen molar-refractivity contribution in [3.8, 4) is 5.69 Å². The SMILES string of the molecule is O=C(Nc1ccc(-n2cnnn2)cc1)[C@@H]1CCCN(S(=O)(=O)c2ccc(F)cc2)C1. The number of carbonyl (C=O) groups is 1. The molecule has 2 heterocycles. The van der Waals surface area contributed by atoms with Gasteiger partial charge in [-0.3, -0.25) is 4.79 Å². The molecule has 1 fully saturated rings. The topological polar surface area (TPSA) is 110 Å². The number of nitrogens with one attached hydrogen (secondary N) is 1. The van der Waals surface area contributed by atoms with E-state index >= 15 is 0 Å². The summed E-state index contributed by atoms with van der Waals surface area (Å²) in [6.45, 7) is 0.401. The van der Waals surface area contributed by atoms with Gasteiger partial charge in [-0.1, -0.05) is 0 Å². The number of hydrogen-bond donors (Lipinski definition) is 1. The number of benzene rings is 2. The van der Waals surface area contributed by atoms with Crippen molar-refractivity contribution in [2.75, 3.05) is 18.4 Å². The molecule has 156 valence electrons. The van der Waals surface area contributed by atoms with E-state index in [2.05, 4.69) is 20.8 Å². The summed E-state index contributed by atoms with van der Waals surface area (Å²) in [5.41, 5.74) is 1.34. The molecule has 3 aromatic rings. The molecule has 30 heavy (non-hydrogen) atoms. The maximum Gasteiger partial charge on any atom is 0.243 e. The first-order valence-corrected chi connectivity index (χ1v) is 10.8. The number of tetrazole rings is 1. The highest BCUT2D eigenvalue weighted by Crippen LogP contribution is 2.25. The standard InChI is InChI=1S/C19H19FN6O3S/c20-15-3-9-18(10-4-15)30(28,29)25-11-1-2-14(12-25)19(27)22-16-5-7-17(8-6-16)26-13-21-23-24-26/h3-10,13-14H,1-2,11-12H2,(H,22,27)/t14-/m1/s1. The summed E-state index contributed by atoms with van der Waals surface area (Å²) in [5.74, 6) is -1.23. The van der Waals surface area contributed by atoms with E-state index in [1.165, 1.54) is 27.4 Å². The van der Waals surface area contributed by atoms with Crippen LogP contribution in [0.25, 0.3) is 5.69 Å². The Morgan fingerprint density at radius 2 is 1.83 bits per heavy atom. The van der Waals surface area contributed by atoms with Gasteiger partial charge in [-0.05, 0) is 71.8 Å². The van der Waals surface area contributed by atoms with Crippen LogP contribution in [0.3, 0.4) is 0 Å². The van der Waals surface area contributed by atoms with Crippen molar-refractivity contribution < 1.29 is 17.6 Å². The zero-order valence-corrected chi connectivity index (χ0v) is 16.7. The van der Waals surface area contributed by atoms with E-state index < -0.39 is 21.8 Å². The zero-order valence-electron chi connectivity index (χ0n) is 15.8. The van der Waals surface area contributed by atoms with E-state index in [-0.39, 0.29) is 17.3 Å². The van der Waals surface area contributed by atoms with Gasteiger partial charge in [0.25, 0.3) is 0 Å². The van der Waals surface area contributed by atoms with Crippen LogP contribution in [0.1, 0.15) is 12.8 Å². The number of amides is 1. The van der Waals surface area contributed by atoms with Crippen LogP contribution in [0.5, 0.6) is 0 Å². The average Bonchev–Trinajstić information content (AvgIpc) is 3.30. The number of nitrogens with zero attached hydrogens (tertiary/aromatic N) is 5. The Labute approximate surface area is 172 Å². The Hall–Kier alpha value is -3.18. The fraction of sp³-hybridized carbons (Fsp3) is 0.263. The first kappa shape index (κ1) is 20.1. The quantitative estimate of drug-likeness (QED) is 0.661. The van der Waals surface area contributed by atoms with Crippen molar-refractivity contribution in [2.24, 2.45) is 5.92 Å². The number of sulfonamides is 1. The molecule has 4 rings (SSSR count). The van der Waals surface area contributed by atoms with Gasteiger partial charge in [0, 0.05) is 18.8 Å². The minimum Gasteiger partial charge on any atom is -0.326 e. The molecule has 0 radical (unpaired) electrons.